The van der Waals surface area contributed by atoms with Gasteiger partial charge in [-0.25, -0.2) is 9.98 Å². The molecule has 0 amide bonds. The molecule has 0 aliphatic carbocycles. The van der Waals surface area contributed by atoms with Crippen LogP contribution in [0.2, 0.25) is 0 Å². The Labute approximate surface area is 78.3 Å². The van der Waals surface area contributed by atoms with Gasteiger partial charge in [-0.1, -0.05) is 6.58 Å². The van der Waals surface area contributed by atoms with Crippen LogP contribution >= 0.6 is 0 Å². The summed E-state index contributed by atoms with van der Waals surface area (Å²) in [5.41, 5.74) is 2.62. The van der Waals surface area contributed by atoms with E-state index in [9.17, 15) is 0 Å². The SMILES string of the molecule is C=C(C)C=Nc1nc(C)cnc1C. The van der Waals surface area contributed by atoms with Crippen molar-refractivity contribution in [3.8, 4) is 0 Å². The second-order valence-corrected chi connectivity index (χ2v) is 3.02. The highest BCUT2D eigenvalue weighted by molar-refractivity contribution is 5.79. The smallest absolute Gasteiger partial charge is 0.173 e. The molecular formula is C10H13N3. The first-order valence-corrected chi connectivity index (χ1v) is 4.09. The average molecular weight is 175 g/mol. The van der Waals surface area contributed by atoms with Crippen LogP contribution in [0.15, 0.2) is 23.3 Å². The van der Waals surface area contributed by atoms with Gasteiger partial charge in [-0.2, -0.15) is 0 Å². The first kappa shape index (κ1) is 9.58. The van der Waals surface area contributed by atoms with Crippen molar-refractivity contribution in [1.29, 1.82) is 0 Å². The zero-order valence-corrected chi connectivity index (χ0v) is 8.20. The van der Waals surface area contributed by atoms with Gasteiger partial charge in [0, 0.05) is 12.4 Å². The van der Waals surface area contributed by atoms with E-state index in [0.29, 0.717) is 5.82 Å². The van der Waals surface area contributed by atoms with E-state index in [-0.39, 0.29) is 0 Å². The number of aliphatic imine (C=N–C) groups is 1. The van der Waals surface area contributed by atoms with Crippen molar-refractivity contribution in [1.82, 2.24) is 9.97 Å². The lowest BCUT2D eigenvalue weighted by molar-refractivity contribution is 1.05. The highest BCUT2D eigenvalue weighted by Crippen LogP contribution is 2.11. The molecule has 1 aromatic heterocycles. The first-order valence-electron chi connectivity index (χ1n) is 4.09. The average Bonchev–Trinajstić information content (AvgIpc) is 2.06. The topological polar surface area (TPSA) is 38.1 Å². The summed E-state index contributed by atoms with van der Waals surface area (Å²) >= 11 is 0. The van der Waals surface area contributed by atoms with Crippen LogP contribution in [0.25, 0.3) is 0 Å². The van der Waals surface area contributed by atoms with Crippen LogP contribution < -0.4 is 0 Å². The van der Waals surface area contributed by atoms with E-state index in [1.165, 1.54) is 0 Å². The number of allylic oxidation sites excluding steroid dienone is 1. The van der Waals surface area contributed by atoms with E-state index >= 15 is 0 Å². The normalized spacial score (nSPS) is 10.7. The fourth-order valence-corrected chi connectivity index (χ4v) is 0.818. The van der Waals surface area contributed by atoms with Gasteiger partial charge in [-0.05, 0) is 26.3 Å². The molecule has 0 atom stereocenters. The second-order valence-electron chi connectivity index (χ2n) is 3.02. The molecule has 1 aromatic rings. The molecule has 1 rings (SSSR count). The third kappa shape index (κ3) is 2.78. The number of aryl methyl sites for hydroxylation is 2. The molecule has 0 radical (unpaired) electrons. The Morgan fingerprint density at radius 3 is 2.85 bits per heavy atom. The zero-order valence-electron chi connectivity index (χ0n) is 8.20. The fourth-order valence-electron chi connectivity index (χ4n) is 0.818. The summed E-state index contributed by atoms with van der Waals surface area (Å²) in [5, 5.41) is 0. The molecule has 68 valence electrons. The molecule has 0 saturated carbocycles. The Kier molecular flexibility index (Phi) is 2.90. The van der Waals surface area contributed by atoms with Gasteiger partial charge in [0.15, 0.2) is 5.82 Å². The summed E-state index contributed by atoms with van der Waals surface area (Å²) in [6.07, 6.45) is 3.42. The minimum absolute atomic E-state index is 0.669. The van der Waals surface area contributed by atoms with E-state index in [1.807, 2.05) is 20.8 Å². The standard InChI is InChI=1S/C10H13N3/c1-7(2)5-12-10-9(4)11-6-8(3)13-10/h5-6H,1H2,2-4H3. The summed E-state index contributed by atoms with van der Waals surface area (Å²) in [6, 6.07) is 0. The lowest BCUT2D eigenvalue weighted by Crippen LogP contribution is -1.89. The summed E-state index contributed by atoms with van der Waals surface area (Å²) in [6.45, 7) is 9.40. The van der Waals surface area contributed by atoms with Gasteiger partial charge < -0.3 is 0 Å². The fraction of sp³-hybridized carbons (Fsp3) is 0.300. The third-order valence-electron chi connectivity index (χ3n) is 1.46. The van der Waals surface area contributed by atoms with Crippen LogP contribution in [-0.2, 0) is 0 Å². The number of hydrogen-bond donors (Lipinski definition) is 0. The van der Waals surface area contributed by atoms with E-state index in [0.717, 1.165) is 17.0 Å². The summed E-state index contributed by atoms with van der Waals surface area (Å²) < 4.78 is 0. The molecule has 0 saturated heterocycles. The predicted molar refractivity (Wildman–Crippen MR) is 54.5 cm³/mol. The van der Waals surface area contributed by atoms with Crippen LogP contribution in [0.5, 0.6) is 0 Å². The highest BCUT2D eigenvalue weighted by atomic mass is 14.9. The van der Waals surface area contributed by atoms with Crippen molar-refractivity contribution in [2.24, 2.45) is 4.99 Å². The molecule has 0 spiro atoms. The molecule has 3 nitrogen and oxygen atoms in total. The largest absolute Gasteiger partial charge is 0.256 e. The van der Waals surface area contributed by atoms with Gasteiger partial charge in [0.05, 0.1) is 11.4 Å². The maximum Gasteiger partial charge on any atom is 0.173 e. The Morgan fingerprint density at radius 2 is 2.23 bits per heavy atom. The summed E-state index contributed by atoms with van der Waals surface area (Å²) in [5.74, 6) is 0.669. The Bertz CT molecular complexity index is 353. The molecule has 0 aromatic carbocycles. The van der Waals surface area contributed by atoms with Crippen molar-refractivity contribution < 1.29 is 0 Å². The molecular weight excluding hydrogens is 162 g/mol. The van der Waals surface area contributed by atoms with E-state index < -0.39 is 0 Å². The molecule has 1 heterocycles. The van der Waals surface area contributed by atoms with Crippen molar-refractivity contribution >= 4 is 12.0 Å². The van der Waals surface area contributed by atoms with E-state index in [4.69, 9.17) is 0 Å². The number of rotatable bonds is 2. The van der Waals surface area contributed by atoms with Crippen LogP contribution in [0.3, 0.4) is 0 Å². The lowest BCUT2D eigenvalue weighted by Gasteiger charge is -1.98. The van der Waals surface area contributed by atoms with Crippen LogP contribution in [0.1, 0.15) is 18.3 Å². The maximum absolute atomic E-state index is 4.24. The molecule has 0 bridgehead atoms. The minimum atomic E-state index is 0.669. The van der Waals surface area contributed by atoms with Gasteiger partial charge in [-0.3, -0.25) is 4.98 Å². The van der Waals surface area contributed by atoms with Crippen molar-refractivity contribution in [2.75, 3.05) is 0 Å². The van der Waals surface area contributed by atoms with Crippen LogP contribution in [0, 0.1) is 13.8 Å². The van der Waals surface area contributed by atoms with E-state index in [1.54, 1.807) is 12.4 Å². The van der Waals surface area contributed by atoms with Crippen molar-refractivity contribution in [2.45, 2.75) is 20.8 Å². The van der Waals surface area contributed by atoms with Crippen LogP contribution in [-0.4, -0.2) is 16.2 Å². The van der Waals surface area contributed by atoms with Gasteiger partial charge in [0.2, 0.25) is 0 Å². The summed E-state index contributed by atoms with van der Waals surface area (Å²) in [4.78, 5) is 12.6. The van der Waals surface area contributed by atoms with Crippen molar-refractivity contribution in [3.63, 3.8) is 0 Å². The Morgan fingerprint density at radius 1 is 1.54 bits per heavy atom. The molecule has 0 unspecified atom stereocenters. The molecule has 13 heavy (non-hydrogen) atoms. The second kappa shape index (κ2) is 3.94. The number of hydrogen-bond acceptors (Lipinski definition) is 3. The highest BCUT2D eigenvalue weighted by Gasteiger charge is 1.97. The summed E-state index contributed by atoms with van der Waals surface area (Å²) in [7, 11) is 0. The maximum atomic E-state index is 4.24. The number of nitrogens with zero attached hydrogens (tertiary/aromatic N) is 3. The number of aromatic nitrogens is 2. The molecule has 0 N–H and O–H groups in total. The predicted octanol–water partition coefficient (Wildman–Crippen LogP) is 2.37. The van der Waals surface area contributed by atoms with Gasteiger partial charge >= 0.3 is 0 Å². The van der Waals surface area contributed by atoms with Gasteiger partial charge in [0.25, 0.3) is 0 Å². The molecule has 3 heteroatoms. The quantitative estimate of drug-likeness (QED) is 0.647. The molecule has 0 fully saturated rings. The monoisotopic (exact) mass is 175 g/mol. The molecule has 0 aliphatic rings. The lowest BCUT2D eigenvalue weighted by atomic mass is 10.4. The first-order chi connectivity index (χ1) is 6.09. The minimum Gasteiger partial charge on any atom is -0.256 e. The Balaban J connectivity index is 3.00. The third-order valence-corrected chi connectivity index (χ3v) is 1.46. The zero-order chi connectivity index (χ0) is 9.84. The van der Waals surface area contributed by atoms with E-state index in [2.05, 4.69) is 21.5 Å². The van der Waals surface area contributed by atoms with Crippen LogP contribution in [0.4, 0.5) is 5.82 Å². The molecule has 0 aliphatic heterocycles. The Hall–Kier alpha value is -1.51. The van der Waals surface area contributed by atoms with Gasteiger partial charge in [-0.15, -0.1) is 0 Å². The van der Waals surface area contributed by atoms with Crippen molar-refractivity contribution in [3.05, 3.63) is 29.7 Å². The van der Waals surface area contributed by atoms with Gasteiger partial charge in [0.1, 0.15) is 0 Å².